The van der Waals surface area contributed by atoms with E-state index in [4.69, 9.17) is 0 Å². The van der Waals surface area contributed by atoms with Gasteiger partial charge in [0.25, 0.3) is 0 Å². The smallest absolute Gasteiger partial charge is 0.207 e. The summed E-state index contributed by atoms with van der Waals surface area (Å²) in [5.41, 5.74) is 3.83. The molecule has 0 spiro atoms. The molecule has 3 nitrogen and oxygen atoms in total. The first kappa shape index (κ1) is 16.9. The van der Waals surface area contributed by atoms with Gasteiger partial charge >= 0.3 is 0 Å². The predicted molar refractivity (Wildman–Crippen MR) is 97.6 cm³/mol. The maximum atomic E-state index is 13.2. The molecule has 24 heavy (non-hydrogen) atoms. The molecule has 2 aromatic rings. The molecule has 0 saturated carbocycles. The van der Waals surface area contributed by atoms with E-state index in [1.54, 1.807) is 10.4 Å². The topological polar surface area (TPSA) is 37.1 Å². The van der Waals surface area contributed by atoms with E-state index in [0.29, 0.717) is 11.3 Å². The molecule has 1 aliphatic rings. The van der Waals surface area contributed by atoms with Crippen molar-refractivity contribution >= 4 is 10.0 Å². The summed E-state index contributed by atoms with van der Waals surface area (Å²) in [4.78, 5) is 0.440. The molecule has 1 unspecified atom stereocenters. The van der Waals surface area contributed by atoms with E-state index < -0.39 is 10.0 Å². The van der Waals surface area contributed by atoms with Crippen molar-refractivity contribution in [2.45, 2.75) is 44.2 Å². The molecule has 4 heteroatoms. The molecule has 1 aliphatic heterocycles. The molecule has 126 valence electrons. The van der Waals surface area contributed by atoms with E-state index in [-0.39, 0.29) is 12.1 Å². The number of hydrogen-bond acceptors (Lipinski definition) is 2. The van der Waals surface area contributed by atoms with Gasteiger partial charge in [0.15, 0.2) is 0 Å². The third-order valence-electron chi connectivity index (χ3n) is 4.59. The molecule has 3 rings (SSSR count). The lowest BCUT2D eigenvalue weighted by Crippen LogP contribution is -2.19. The molecule has 1 saturated heterocycles. The number of nitrogens with zero attached hydrogens (tertiary/aromatic N) is 1. The second-order valence-corrected chi connectivity index (χ2v) is 8.33. The Labute approximate surface area is 144 Å². The van der Waals surface area contributed by atoms with Gasteiger partial charge in [-0.25, -0.2) is 8.42 Å². The summed E-state index contributed by atoms with van der Waals surface area (Å²) in [5, 5.41) is 0. The van der Waals surface area contributed by atoms with E-state index in [1.807, 2.05) is 63.2 Å². The third kappa shape index (κ3) is 2.92. The van der Waals surface area contributed by atoms with Crippen LogP contribution in [0.1, 0.15) is 22.3 Å². The van der Waals surface area contributed by atoms with Gasteiger partial charge in [0, 0.05) is 0 Å². The summed E-state index contributed by atoms with van der Waals surface area (Å²) >= 11 is 0. The second kappa shape index (κ2) is 6.19. The Morgan fingerprint density at radius 1 is 1.08 bits per heavy atom. The van der Waals surface area contributed by atoms with Crippen LogP contribution in [0.3, 0.4) is 0 Å². The summed E-state index contributed by atoms with van der Waals surface area (Å²) in [5.74, 6) is 0. The summed E-state index contributed by atoms with van der Waals surface area (Å²) in [6, 6.07) is 13.7. The lowest BCUT2D eigenvalue weighted by Gasteiger charge is -2.13. The van der Waals surface area contributed by atoms with Gasteiger partial charge < -0.3 is 0 Å². The van der Waals surface area contributed by atoms with Crippen molar-refractivity contribution in [3.05, 3.63) is 77.4 Å². The maximum Gasteiger partial charge on any atom is 0.244 e. The van der Waals surface area contributed by atoms with Gasteiger partial charge in [0.2, 0.25) is 10.0 Å². The van der Waals surface area contributed by atoms with Crippen molar-refractivity contribution in [1.29, 1.82) is 0 Å². The zero-order chi connectivity index (χ0) is 17.5. The van der Waals surface area contributed by atoms with Crippen molar-refractivity contribution in [2.75, 3.05) is 0 Å². The van der Waals surface area contributed by atoms with Crippen molar-refractivity contribution in [1.82, 2.24) is 4.31 Å². The first-order chi connectivity index (χ1) is 11.4. The minimum atomic E-state index is -3.51. The normalized spacial score (nSPS) is 23.0. The van der Waals surface area contributed by atoms with Crippen LogP contribution in [-0.4, -0.2) is 24.8 Å². The van der Waals surface area contributed by atoms with E-state index in [1.165, 1.54) is 0 Å². The molecule has 0 aliphatic carbocycles. The van der Waals surface area contributed by atoms with Crippen LogP contribution in [0.4, 0.5) is 0 Å². The second-order valence-electron chi connectivity index (χ2n) is 6.55. The molecular formula is C20H23NO2S. The van der Waals surface area contributed by atoms with E-state index >= 15 is 0 Å². The maximum absolute atomic E-state index is 13.2. The van der Waals surface area contributed by atoms with Crippen LogP contribution in [0.15, 0.2) is 60.0 Å². The zero-order valence-electron chi connectivity index (χ0n) is 14.4. The first-order valence-electron chi connectivity index (χ1n) is 8.14. The quantitative estimate of drug-likeness (QED) is 0.613. The SMILES string of the molecule is C=C[C@H]1[C@@H](Cc2ccccc2)N1S(=O)(=O)c1c(C)cc(C)cc1C. The highest BCUT2D eigenvalue weighted by Gasteiger charge is 2.54. The fourth-order valence-corrected chi connectivity index (χ4v) is 5.81. The Bertz CT molecular complexity index is 849. The van der Waals surface area contributed by atoms with Gasteiger partial charge in [-0.1, -0.05) is 54.1 Å². The average Bonchev–Trinajstić information content (AvgIpc) is 3.20. The third-order valence-corrected chi connectivity index (χ3v) is 6.82. The zero-order valence-corrected chi connectivity index (χ0v) is 15.2. The van der Waals surface area contributed by atoms with Crippen LogP contribution < -0.4 is 0 Å². The summed E-state index contributed by atoms with van der Waals surface area (Å²) in [6.07, 6.45) is 2.45. The minimum Gasteiger partial charge on any atom is -0.207 e. The monoisotopic (exact) mass is 341 g/mol. The van der Waals surface area contributed by atoms with Crippen LogP contribution in [-0.2, 0) is 16.4 Å². The fraction of sp³-hybridized carbons (Fsp3) is 0.300. The highest BCUT2D eigenvalue weighted by Crippen LogP contribution is 2.40. The number of aryl methyl sites for hydroxylation is 3. The molecule has 0 aromatic heterocycles. The van der Waals surface area contributed by atoms with Crippen molar-refractivity contribution in [3.8, 4) is 0 Å². The minimum absolute atomic E-state index is 0.0463. The summed E-state index contributed by atoms with van der Waals surface area (Å²) in [6.45, 7) is 9.54. The van der Waals surface area contributed by atoms with Gasteiger partial charge in [-0.15, -0.1) is 6.58 Å². The van der Waals surface area contributed by atoms with Crippen LogP contribution in [0.25, 0.3) is 0 Å². The average molecular weight is 341 g/mol. The van der Waals surface area contributed by atoms with E-state index in [2.05, 4.69) is 6.58 Å². The Kier molecular flexibility index (Phi) is 4.37. The molecule has 2 aromatic carbocycles. The molecule has 0 amide bonds. The van der Waals surface area contributed by atoms with Crippen LogP contribution in [0, 0.1) is 20.8 Å². The molecular weight excluding hydrogens is 318 g/mol. The lowest BCUT2D eigenvalue weighted by atomic mass is 10.1. The van der Waals surface area contributed by atoms with Gasteiger partial charge in [-0.2, -0.15) is 4.31 Å². The van der Waals surface area contributed by atoms with Gasteiger partial charge in [0.1, 0.15) is 0 Å². The van der Waals surface area contributed by atoms with Gasteiger partial charge in [-0.05, 0) is 43.9 Å². The summed E-state index contributed by atoms with van der Waals surface area (Å²) < 4.78 is 28.0. The van der Waals surface area contributed by atoms with E-state index in [9.17, 15) is 8.42 Å². The highest BCUT2D eigenvalue weighted by atomic mass is 32.2. The van der Waals surface area contributed by atoms with E-state index in [0.717, 1.165) is 22.3 Å². The summed E-state index contributed by atoms with van der Waals surface area (Å²) in [7, 11) is -3.51. The van der Waals surface area contributed by atoms with Gasteiger partial charge in [0.05, 0.1) is 17.0 Å². The van der Waals surface area contributed by atoms with Crippen molar-refractivity contribution in [3.63, 3.8) is 0 Å². The van der Waals surface area contributed by atoms with Crippen LogP contribution in [0.5, 0.6) is 0 Å². The highest BCUT2D eigenvalue weighted by molar-refractivity contribution is 7.89. The Morgan fingerprint density at radius 2 is 1.67 bits per heavy atom. The largest absolute Gasteiger partial charge is 0.244 e. The molecule has 0 N–H and O–H groups in total. The number of benzene rings is 2. The number of hydrogen-bond donors (Lipinski definition) is 0. The van der Waals surface area contributed by atoms with Crippen LogP contribution in [0.2, 0.25) is 0 Å². The fourth-order valence-electron chi connectivity index (χ4n) is 3.62. The van der Waals surface area contributed by atoms with Crippen LogP contribution >= 0.6 is 0 Å². The molecule has 1 fully saturated rings. The molecule has 3 atom stereocenters. The number of rotatable bonds is 5. The molecule has 0 bridgehead atoms. The molecule has 1 heterocycles. The predicted octanol–water partition coefficient (Wildman–Crippen LogP) is 3.78. The van der Waals surface area contributed by atoms with Gasteiger partial charge in [-0.3, -0.25) is 0 Å². The Morgan fingerprint density at radius 3 is 2.21 bits per heavy atom. The Balaban J connectivity index is 1.94. The number of sulfonamides is 1. The standard InChI is InChI=1S/C20H23NO2S/c1-5-18-19(13-17-9-7-6-8-10-17)21(18)24(22,23)20-15(3)11-14(2)12-16(20)4/h5-12,18-19H,1,13H2,2-4H3/t18-,19+,21?/m0/s1. The first-order valence-corrected chi connectivity index (χ1v) is 9.58. The Hall–Kier alpha value is -1.91. The van der Waals surface area contributed by atoms with Crippen molar-refractivity contribution in [2.24, 2.45) is 0 Å². The van der Waals surface area contributed by atoms with Crippen molar-refractivity contribution < 1.29 is 8.42 Å². The lowest BCUT2D eigenvalue weighted by molar-refractivity contribution is 0.547. The molecule has 0 radical (unpaired) electrons.